The van der Waals surface area contributed by atoms with Crippen LogP contribution in [-0.2, 0) is 0 Å². The van der Waals surface area contributed by atoms with Gasteiger partial charge in [0.15, 0.2) is 0 Å². The molecule has 0 unspecified atom stereocenters. The number of nitrogens with two attached hydrogens (primary N) is 1. The number of nitrogen functional groups attached to an aromatic ring is 1. The maximum Gasteiger partial charge on any atom is 0.130 e. The lowest BCUT2D eigenvalue weighted by Gasteiger charge is -2.11. The van der Waals surface area contributed by atoms with Crippen molar-refractivity contribution >= 4 is 5.84 Å². The third kappa shape index (κ3) is 4.78. The Morgan fingerprint density at radius 2 is 1.94 bits per heavy atom. The van der Waals surface area contributed by atoms with Crippen molar-refractivity contribution in [3.8, 4) is 5.75 Å². The molecule has 3 N–H and O–H groups in total. The smallest absolute Gasteiger partial charge is 0.130 e. The molecule has 1 rings (SSSR count). The zero-order chi connectivity index (χ0) is 13.4. The van der Waals surface area contributed by atoms with Gasteiger partial charge in [-0.2, -0.15) is 0 Å². The van der Waals surface area contributed by atoms with Crippen LogP contribution < -0.4 is 10.5 Å². The first-order valence-corrected chi connectivity index (χ1v) is 6.73. The summed E-state index contributed by atoms with van der Waals surface area (Å²) >= 11 is 0. The zero-order valence-corrected chi connectivity index (χ0v) is 11.5. The summed E-state index contributed by atoms with van der Waals surface area (Å²) < 4.78 is 5.74. The second-order valence-electron chi connectivity index (χ2n) is 4.68. The number of benzene rings is 1. The largest absolute Gasteiger partial charge is 0.493 e. The third-order valence-corrected chi connectivity index (χ3v) is 2.93. The fourth-order valence-corrected chi connectivity index (χ4v) is 1.86. The minimum absolute atomic E-state index is 0.0657. The van der Waals surface area contributed by atoms with Gasteiger partial charge in [0.25, 0.3) is 0 Å². The van der Waals surface area contributed by atoms with Gasteiger partial charge in [-0.05, 0) is 31.0 Å². The van der Waals surface area contributed by atoms with Gasteiger partial charge < -0.3 is 10.5 Å². The summed E-state index contributed by atoms with van der Waals surface area (Å²) in [7, 11) is 0. The second kappa shape index (κ2) is 7.75. The lowest BCUT2D eigenvalue weighted by Crippen LogP contribution is -2.13. The molecule has 0 saturated heterocycles. The fraction of sp³-hybridized carbons (Fsp3) is 0.533. The number of aryl methyl sites for hydroxylation is 1. The van der Waals surface area contributed by atoms with Crippen molar-refractivity contribution in [3.05, 3.63) is 29.3 Å². The van der Waals surface area contributed by atoms with E-state index in [2.05, 4.69) is 6.92 Å². The lowest BCUT2D eigenvalue weighted by atomic mass is 10.1. The topological polar surface area (TPSA) is 59.1 Å². The molecule has 0 saturated carbocycles. The molecule has 0 aliphatic rings. The molecule has 0 amide bonds. The summed E-state index contributed by atoms with van der Waals surface area (Å²) in [6.07, 6.45) is 6.09. The number of nitrogens with one attached hydrogen (secondary N) is 1. The van der Waals surface area contributed by atoms with Crippen LogP contribution >= 0.6 is 0 Å². The van der Waals surface area contributed by atoms with E-state index in [0.717, 1.165) is 17.7 Å². The molecular weight excluding hydrogens is 224 g/mol. The maximum absolute atomic E-state index is 7.52. The molecule has 3 heteroatoms. The summed E-state index contributed by atoms with van der Waals surface area (Å²) in [6.45, 7) is 4.92. The van der Waals surface area contributed by atoms with E-state index in [1.807, 2.05) is 25.1 Å². The van der Waals surface area contributed by atoms with Crippen molar-refractivity contribution < 1.29 is 4.74 Å². The second-order valence-corrected chi connectivity index (χ2v) is 4.68. The highest BCUT2D eigenvalue weighted by molar-refractivity contribution is 5.97. The van der Waals surface area contributed by atoms with Crippen molar-refractivity contribution in [3.63, 3.8) is 0 Å². The molecule has 0 atom stereocenters. The molecule has 18 heavy (non-hydrogen) atoms. The highest BCUT2D eigenvalue weighted by Gasteiger charge is 2.06. The van der Waals surface area contributed by atoms with Crippen LogP contribution in [-0.4, -0.2) is 12.4 Å². The third-order valence-electron chi connectivity index (χ3n) is 2.93. The van der Waals surface area contributed by atoms with E-state index in [1.165, 1.54) is 25.7 Å². The Kier molecular flexibility index (Phi) is 6.26. The fourth-order valence-electron chi connectivity index (χ4n) is 1.86. The standard InChI is InChI=1S/C15H24N2O/c1-3-4-5-6-7-10-18-14-11-12(2)8-9-13(14)15(16)17/h8-9,11H,3-7,10H2,1-2H3,(H3,16,17). The Morgan fingerprint density at radius 3 is 2.61 bits per heavy atom. The van der Waals surface area contributed by atoms with Gasteiger partial charge in [-0.3, -0.25) is 5.41 Å². The van der Waals surface area contributed by atoms with Crippen molar-refractivity contribution in [2.45, 2.75) is 46.0 Å². The normalized spacial score (nSPS) is 10.3. The Balaban J connectivity index is 2.45. The number of ether oxygens (including phenoxy) is 1. The maximum atomic E-state index is 7.52. The first kappa shape index (κ1) is 14.6. The van der Waals surface area contributed by atoms with Crippen molar-refractivity contribution in [2.75, 3.05) is 6.61 Å². The van der Waals surface area contributed by atoms with Crippen LogP contribution in [0.4, 0.5) is 0 Å². The first-order valence-electron chi connectivity index (χ1n) is 6.73. The van der Waals surface area contributed by atoms with Crippen LogP contribution in [0.5, 0.6) is 5.75 Å². The highest BCUT2D eigenvalue weighted by Crippen LogP contribution is 2.20. The minimum atomic E-state index is 0.0657. The molecule has 0 aromatic heterocycles. The zero-order valence-electron chi connectivity index (χ0n) is 11.5. The predicted molar refractivity (Wildman–Crippen MR) is 76.4 cm³/mol. The van der Waals surface area contributed by atoms with Gasteiger partial charge in [-0.25, -0.2) is 0 Å². The Hall–Kier alpha value is -1.51. The molecular formula is C15H24N2O. The van der Waals surface area contributed by atoms with Gasteiger partial charge in [-0.15, -0.1) is 0 Å². The van der Waals surface area contributed by atoms with Crippen LogP contribution in [0.2, 0.25) is 0 Å². The highest BCUT2D eigenvalue weighted by atomic mass is 16.5. The average molecular weight is 248 g/mol. The molecule has 3 nitrogen and oxygen atoms in total. The van der Waals surface area contributed by atoms with E-state index in [9.17, 15) is 0 Å². The molecule has 0 heterocycles. The molecule has 1 aromatic rings. The monoisotopic (exact) mass is 248 g/mol. The van der Waals surface area contributed by atoms with Crippen LogP contribution in [0.1, 0.15) is 50.2 Å². The van der Waals surface area contributed by atoms with Crippen LogP contribution in [0.15, 0.2) is 18.2 Å². The predicted octanol–water partition coefficient (Wildman–Crippen LogP) is 3.63. The Labute approximate surface area is 110 Å². The van der Waals surface area contributed by atoms with Crippen molar-refractivity contribution in [1.29, 1.82) is 5.41 Å². The SMILES string of the molecule is CCCCCCCOc1cc(C)ccc1C(=N)N. The van der Waals surface area contributed by atoms with Crippen LogP contribution in [0.3, 0.4) is 0 Å². The van der Waals surface area contributed by atoms with Crippen LogP contribution in [0, 0.1) is 12.3 Å². The van der Waals surface area contributed by atoms with Gasteiger partial charge in [0.1, 0.15) is 11.6 Å². The van der Waals surface area contributed by atoms with E-state index in [0.29, 0.717) is 12.2 Å². The number of rotatable bonds is 8. The first-order chi connectivity index (χ1) is 8.65. The van der Waals surface area contributed by atoms with Gasteiger partial charge in [0.2, 0.25) is 0 Å². The van der Waals surface area contributed by atoms with E-state index in [-0.39, 0.29) is 5.84 Å². The van der Waals surface area contributed by atoms with Crippen molar-refractivity contribution in [1.82, 2.24) is 0 Å². The Bertz CT molecular complexity index is 388. The van der Waals surface area contributed by atoms with Gasteiger partial charge in [-0.1, -0.05) is 38.7 Å². The molecule has 0 aliphatic carbocycles. The van der Waals surface area contributed by atoms with E-state index in [1.54, 1.807) is 0 Å². The average Bonchev–Trinajstić information content (AvgIpc) is 2.33. The molecule has 1 aromatic carbocycles. The number of hydrogen-bond donors (Lipinski definition) is 2. The molecule has 0 fully saturated rings. The number of amidine groups is 1. The van der Waals surface area contributed by atoms with Crippen molar-refractivity contribution in [2.24, 2.45) is 5.73 Å². The lowest BCUT2D eigenvalue weighted by molar-refractivity contribution is 0.304. The summed E-state index contributed by atoms with van der Waals surface area (Å²) in [4.78, 5) is 0. The van der Waals surface area contributed by atoms with E-state index >= 15 is 0 Å². The van der Waals surface area contributed by atoms with Crippen LogP contribution in [0.25, 0.3) is 0 Å². The Morgan fingerprint density at radius 1 is 1.22 bits per heavy atom. The van der Waals surface area contributed by atoms with E-state index in [4.69, 9.17) is 15.9 Å². The summed E-state index contributed by atoms with van der Waals surface area (Å²) in [6, 6.07) is 5.75. The van der Waals surface area contributed by atoms with Gasteiger partial charge >= 0.3 is 0 Å². The molecule has 0 radical (unpaired) electrons. The number of unbranched alkanes of at least 4 members (excludes halogenated alkanes) is 4. The molecule has 0 aliphatic heterocycles. The van der Waals surface area contributed by atoms with Gasteiger partial charge in [0.05, 0.1) is 12.2 Å². The number of hydrogen-bond acceptors (Lipinski definition) is 2. The quantitative estimate of drug-likeness (QED) is 0.419. The molecule has 100 valence electrons. The minimum Gasteiger partial charge on any atom is -0.493 e. The summed E-state index contributed by atoms with van der Waals surface area (Å²) in [5.41, 5.74) is 7.35. The van der Waals surface area contributed by atoms with Gasteiger partial charge in [0, 0.05) is 0 Å². The molecule has 0 bridgehead atoms. The summed E-state index contributed by atoms with van der Waals surface area (Å²) in [5, 5.41) is 7.52. The summed E-state index contributed by atoms with van der Waals surface area (Å²) in [5.74, 6) is 0.800. The van der Waals surface area contributed by atoms with E-state index < -0.39 is 0 Å². The molecule has 0 spiro atoms.